The minimum Gasteiger partial charge on any atom is -0.288 e. The van der Waals surface area contributed by atoms with Gasteiger partial charge in [0.2, 0.25) is 5.91 Å². The average molecular weight is 205 g/mol. The molecule has 0 amide bonds. The van der Waals surface area contributed by atoms with Gasteiger partial charge in [-0.2, -0.15) is 0 Å². The molecule has 4 heteroatoms. The number of carbonyl (C=O) groups excluding carboxylic acids is 1. The summed E-state index contributed by atoms with van der Waals surface area (Å²) in [5.74, 6) is 0.100. The van der Waals surface area contributed by atoms with Gasteiger partial charge in [0.15, 0.2) is 5.43 Å². The maximum absolute atomic E-state index is 11.6. The Hall–Kier alpha value is -1.42. The van der Waals surface area contributed by atoms with Crippen LogP contribution in [0.4, 0.5) is 0 Å². The first-order valence-electron chi connectivity index (χ1n) is 4.43. The van der Waals surface area contributed by atoms with E-state index in [1.165, 1.54) is 11.3 Å². The summed E-state index contributed by atoms with van der Waals surface area (Å²) >= 11 is 1.40. The van der Waals surface area contributed by atoms with Crippen LogP contribution in [0.5, 0.6) is 0 Å². The van der Waals surface area contributed by atoms with Crippen LogP contribution in [0.2, 0.25) is 0 Å². The van der Waals surface area contributed by atoms with Crippen molar-refractivity contribution in [2.75, 3.05) is 0 Å². The number of thiophene rings is 1. The van der Waals surface area contributed by atoms with Crippen molar-refractivity contribution in [1.29, 1.82) is 0 Å². The molecule has 2 aromatic rings. The molecule has 0 bridgehead atoms. The molecule has 3 nitrogen and oxygen atoms in total. The Kier molecular flexibility index (Phi) is 1.44. The van der Waals surface area contributed by atoms with E-state index in [0.717, 1.165) is 11.2 Å². The molecular weight excluding hydrogens is 198 g/mol. The van der Waals surface area contributed by atoms with Crippen LogP contribution in [0.25, 0.3) is 10.2 Å². The summed E-state index contributed by atoms with van der Waals surface area (Å²) < 4.78 is 2.36. The molecule has 3 heterocycles. The van der Waals surface area contributed by atoms with E-state index in [4.69, 9.17) is 0 Å². The molecule has 0 saturated carbocycles. The van der Waals surface area contributed by atoms with Gasteiger partial charge in [0.05, 0.1) is 10.2 Å². The molecule has 0 aromatic carbocycles. The van der Waals surface area contributed by atoms with Crippen LogP contribution in [0, 0.1) is 0 Å². The summed E-state index contributed by atoms with van der Waals surface area (Å²) in [5, 5.41) is 1.85. The fourth-order valence-corrected chi connectivity index (χ4v) is 2.71. The predicted octanol–water partition coefficient (Wildman–Crippen LogP) is 1.65. The van der Waals surface area contributed by atoms with Crippen LogP contribution in [0.3, 0.4) is 0 Å². The van der Waals surface area contributed by atoms with Gasteiger partial charge in [-0.05, 0) is 17.9 Å². The summed E-state index contributed by atoms with van der Waals surface area (Å²) in [5.41, 5.74) is 1.67. The molecule has 0 radical (unpaired) electrons. The van der Waals surface area contributed by atoms with Crippen molar-refractivity contribution < 1.29 is 4.79 Å². The van der Waals surface area contributed by atoms with Crippen molar-refractivity contribution in [2.45, 2.75) is 12.8 Å². The largest absolute Gasteiger partial charge is 0.288 e. The highest BCUT2D eigenvalue weighted by molar-refractivity contribution is 7.17. The van der Waals surface area contributed by atoms with Crippen molar-refractivity contribution >= 4 is 27.5 Å². The summed E-state index contributed by atoms with van der Waals surface area (Å²) in [7, 11) is 0. The second kappa shape index (κ2) is 2.54. The molecule has 0 N–H and O–H groups in total. The number of rotatable bonds is 0. The first-order valence-corrected chi connectivity index (χ1v) is 5.31. The van der Waals surface area contributed by atoms with Crippen LogP contribution in [-0.4, -0.2) is 10.5 Å². The van der Waals surface area contributed by atoms with Crippen molar-refractivity contribution in [2.24, 2.45) is 0 Å². The Morgan fingerprint density at radius 2 is 2.14 bits per heavy atom. The predicted molar refractivity (Wildman–Crippen MR) is 55.0 cm³/mol. The monoisotopic (exact) mass is 205 g/mol. The highest BCUT2D eigenvalue weighted by Crippen LogP contribution is 2.23. The minimum absolute atomic E-state index is 0.0379. The first kappa shape index (κ1) is 7.94. The molecule has 14 heavy (non-hydrogen) atoms. The molecular formula is C10H7NO2S. The number of nitrogens with zero attached hydrogens (tertiary/aromatic N) is 1. The maximum atomic E-state index is 11.6. The van der Waals surface area contributed by atoms with Crippen LogP contribution in [-0.2, 0) is 6.42 Å². The smallest absolute Gasteiger partial charge is 0.231 e. The Morgan fingerprint density at radius 3 is 3.00 bits per heavy atom. The summed E-state index contributed by atoms with van der Waals surface area (Å²) in [6, 6.07) is 3.43. The van der Waals surface area contributed by atoms with Gasteiger partial charge in [0.1, 0.15) is 0 Å². The summed E-state index contributed by atoms with van der Waals surface area (Å²) in [6.07, 6.45) is 1.22. The Labute approximate surface area is 83.6 Å². The summed E-state index contributed by atoms with van der Waals surface area (Å²) in [4.78, 5) is 23.1. The fourth-order valence-electron chi connectivity index (χ4n) is 1.92. The molecule has 70 valence electrons. The standard InChI is InChI=1S/C10H7NO2S/c12-8-5-6-1-2-9(13)11(6)7-3-4-14-10(7)8/h3-5H,1-2H2. The van der Waals surface area contributed by atoms with E-state index in [9.17, 15) is 9.59 Å². The Morgan fingerprint density at radius 1 is 1.29 bits per heavy atom. The Balaban J connectivity index is 2.57. The molecule has 0 saturated heterocycles. The molecule has 1 aliphatic rings. The molecule has 0 fully saturated rings. The van der Waals surface area contributed by atoms with E-state index in [2.05, 4.69) is 0 Å². The zero-order valence-corrected chi connectivity index (χ0v) is 8.13. The van der Waals surface area contributed by atoms with E-state index in [0.29, 0.717) is 17.5 Å². The molecule has 2 aromatic heterocycles. The van der Waals surface area contributed by atoms with Crippen molar-refractivity contribution in [1.82, 2.24) is 4.57 Å². The van der Waals surface area contributed by atoms with Gasteiger partial charge in [-0.1, -0.05) is 0 Å². The number of carbonyl (C=O) groups is 1. The number of pyridine rings is 1. The van der Waals surface area contributed by atoms with E-state index in [1.54, 1.807) is 10.6 Å². The second-order valence-corrected chi connectivity index (χ2v) is 4.28. The number of aryl methyl sites for hydroxylation is 1. The third kappa shape index (κ3) is 0.861. The minimum atomic E-state index is 0.0379. The lowest BCUT2D eigenvalue weighted by Crippen LogP contribution is -2.11. The van der Waals surface area contributed by atoms with E-state index < -0.39 is 0 Å². The van der Waals surface area contributed by atoms with Crippen LogP contribution >= 0.6 is 11.3 Å². The zero-order chi connectivity index (χ0) is 9.71. The third-order valence-electron chi connectivity index (χ3n) is 2.54. The second-order valence-electron chi connectivity index (χ2n) is 3.36. The SMILES string of the molecule is O=C1CCc2cc(=O)c3sccc3n21. The van der Waals surface area contributed by atoms with Crippen LogP contribution in [0.1, 0.15) is 16.9 Å². The topological polar surface area (TPSA) is 39.1 Å². The fraction of sp³-hybridized carbons (Fsp3) is 0.200. The number of aromatic nitrogens is 1. The van der Waals surface area contributed by atoms with Gasteiger partial charge in [0, 0.05) is 18.2 Å². The van der Waals surface area contributed by atoms with Crippen molar-refractivity contribution in [3.05, 3.63) is 33.4 Å². The van der Waals surface area contributed by atoms with Crippen LogP contribution < -0.4 is 5.43 Å². The van der Waals surface area contributed by atoms with Gasteiger partial charge in [-0.3, -0.25) is 14.2 Å². The lowest BCUT2D eigenvalue weighted by Gasteiger charge is -2.02. The molecule has 3 rings (SSSR count). The normalized spacial score (nSPS) is 15.0. The van der Waals surface area contributed by atoms with Gasteiger partial charge < -0.3 is 0 Å². The number of fused-ring (bicyclic) bond motifs is 3. The molecule has 0 spiro atoms. The van der Waals surface area contributed by atoms with Crippen molar-refractivity contribution in [3.63, 3.8) is 0 Å². The number of hydrogen-bond donors (Lipinski definition) is 0. The van der Waals surface area contributed by atoms with Gasteiger partial charge in [-0.15, -0.1) is 11.3 Å². The van der Waals surface area contributed by atoms with Crippen molar-refractivity contribution in [3.8, 4) is 0 Å². The molecule has 0 unspecified atom stereocenters. The van der Waals surface area contributed by atoms with Crippen LogP contribution in [0.15, 0.2) is 22.3 Å². The highest BCUT2D eigenvalue weighted by atomic mass is 32.1. The first-order chi connectivity index (χ1) is 6.77. The Bertz CT molecular complexity index is 594. The van der Waals surface area contributed by atoms with E-state index in [1.807, 2.05) is 11.4 Å². The molecule has 0 aliphatic carbocycles. The maximum Gasteiger partial charge on any atom is 0.231 e. The third-order valence-corrected chi connectivity index (χ3v) is 3.46. The van der Waals surface area contributed by atoms with Gasteiger partial charge in [-0.25, -0.2) is 0 Å². The van der Waals surface area contributed by atoms with Gasteiger partial charge >= 0.3 is 0 Å². The molecule has 1 aliphatic heterocycles. The highest BCUT2D eigenvalue weighted by Gasteiger charge is 2.21. The quantitative estimate of drug-likeness (QED) is 0.656. The lowest BCUT2D eigenvalue weighted by atomic mass is 10.2. The van der Waals surface area contributed by atoms with E-state index in [-0.39, 0.29) is 11.3 Å². The molecule has 0 atom stereocenters. The summed E-state index contributed by atoms with van der Waals surface area (Å²) in [6.45, 7) is 0. The number of hydrogen-bond acceptors (Lipinski definition) is 3. The van der Waals surface area contributed by atoms with E-state index >= 15 is 0 Å². The zero-order valence-electron chi connectivity index (χ0n) is 7.32. The van der Waals surface area contributed by atoms with Gasteiger partial charge in [0.25, 0.3) is 0 Å². The lowest BCUT2D eigenvalue weighted by molar-refractivity contribution is 0.0928. The average Bonchev–Trinajstić information content (AvgIpc) is 2.72.